The molecule has 1 aliphatic rings. The van der Waals surface area contributed by atoms with Crippen LogP contribution in [0.4, 0.5) is 0 Å². The Labute approximate surface area is 104 Å². The van der Waals surface area contributed by atoms with Crippen molar-refractivity contribution in [3.8, 4) is 0 Å². The van der Waals surface area contributed by atoms with E-state index in [9.17, 15) is 8.42 Å². The number of pyridine rings is 1. The summed E-state index contributed by atoms with van der Waals surface area (Å²) in [6.45, 7) is 0. The minimum Gasteiger partial charge on any atom is -0.303 e. The predicted molar refractivity (Wildman–Crippen MR) is 66.2 cm³/mol. The van der Waals surface area contributed by atoms with Crippen LogP contribution in [0.15, 0.2) is 24.5 Å². The fourth-order valence-electron chi connectivity index (χ4n) is 2.29. The first-order chi connectivity index (χ1) is 8.05. The van der Waals surface area contributed by atoms with Gasteiger partial charge in [-0.2, -0.15) is 0 Å². The molecule has 1 aliphatic heterocycles. The first-order valence-electron chi connectivity index (χ1n) is 5.38. The van der Waals surface area contributed by atoms with Crippen LogP contribution in [0.1, 0.15) is 18.2 Å². The minimum atomic E-state index is -2.88. The normalized spacial score (nSPS) is 23.2. The van der Waals surface area contributed by atoms with Crippen molar-refractivity contribution in [2.75, 3.05) is 11.5 Å². The van der Waals surface area contributed by atoms with Gasteiger partial charge in [0.2, 0.25) is 0 Å². The van der Waals surface area contributed by atoms with Crippen LogP contribution < -0.4 is 0 Å². The maximum atomic E-state index is 11.5. The van der Waals surface area contributed by atoms with E-state index in [1.807, 2.05) is 16.7 Å². The monoisotopic (exact) mass is 270 g/mol. The Morgan fingerprint density at radius 1 is 1.47 bits per heavy atom. The summed E-state index contributed by atoms with van der Waals surface area (Å²) in [6, 6.07) is 3.60. The van der Waals surface area contributed by atoms with Gasteiger partial charge in [0.15, 0.2) is 9.84 Å². The Bertz CT molecular complexity index is 678. The molecule has 6 heteroatoms. The summed E-state index contributed by atoms with van der Waals surface area (Å²) in [5.41, 5.74) is 0.900. The highest BCUT2D eigenvalue weighted by Crippen LogP contribution is 2.28. The lowest BCUT2D eigenvalue weighted by molar-refractivity contribution is 0.601. The Balaban J connectivity index is 2.07. The fourth-order valence-corrected chi connectivity index (χ4v) is 4.20. The van der Waals surface area contributed by atoms with E-state index < -0.39 is 9.84 Å². The van der Waals surface area contributed by atoms with Crippen LogP contribution in [0, 0.1) is 0 Å². The fraction of sp³-hybridized carbons (Fsp3) is 0.364. The lowest BCUT2D eigenvalue weighted by Crippen LogP contribution is -2.07. The third kappa shape index (κ3) is 1.93. The molecule has 3 heterocycles. The quantitative estimate of drug-likeness (QED) is 0.795. The van der Waals surface area contributed by atoms with Crippen molar-refractivity contribution < 1.29 is 8.42 Å². The number of fused-ring (bicyclic) bond motifs is 1. The van der Waals surface area contributed by atoms with Gasteiger partial charge in [0.25, 0.3) is 0 Å². The highest BCUT2D eigenvalue weighted by Gasteiger charge is 2.31. The zero-order valence-corrected chi connectivity index (χ0v) is 10.6. The third-order valence-corrected chi connectivity index (χ3v) is 5.12. The smallest absolute Gasteiger partial charge is 0.151 e. The molecule has 2 aromatic heterocycles. The SMILES string of the molecule is O=S1(=O)CCC(c2ncc3cc(Cl)ccn23)C1. The molecule has 4 nitrogen and oxygen atoms in total. The molecule has 1 saturated heterocycles. The molecule has 3 rings (SSSR count). The third-order valence-electron chi connectivity index (χ3n) is 3.12. The van der Waals surface area contributed by atoms with Crippen LogP contribution >= 0.6 is 11.6 Å². The Morgan fingerprint density at radius 2 is 2.29 bits per heavy atom. The van der Waals surface area contributed by atoms with Crippen LogP contribution in [0.25, 0.3) is 5.52 Å². The van der Waals surface area contributed by atoms with Crippen molar-refractivity contribution in [1.29, 1.82) is 0 Å². The van der Waals surface area contributed by atoms with E-state index in [4.69, 9.17) is 11.6 Å². The second kappa shape index (κ2) is 3.71. The molecule has 0 N–H and O–H groups in total. The van der Waals surface area contributed by atoms with Gasteiger partial charge in [-0.25, -0.2) is 13.4 Å². The maximum absolute atomic E-state index is 11.5. The van der Waals surface area contributed by atoms with Crippen molar-refractivity contribution in [3.63, 3.8) is 0 Å². The molecule has 1 unspecified atom stereocenters. The van der Waals surface area contributed by atoms with Crippen molar-refractivity contribution in [2.45, 2.75) is 12.3 Å². The van der Waals surface area contributed by atoms with Gasteiger partial charge in [-0.3, -0.25) is 0 Å². The van der Waals surface area contributed by atoms with Crippen molar-refractivity contribution in [3.05, 3.63) is 35.4 Å². The van der Waals surface area contributed by atoms with Crippen LogP contribution in [-0.4, -0.2) is 29.3 Å². The molecule has 0 aromatic carbocycles. The minimum absolute atomic E-state index is 0.00340. The molecule has 0 radical (unpaired) electrons. The molecule has 0 aliphatic carbocycles. The van der Waals surface area contributed by atoms with E-state index in [1.54, 1.807) is 12.3 Å². The molecular weight excluding hydrogens is 260 g/mol. The van der Waals surface area contributed by atoms with Crippen LogP contribution in [0.3, 0.4) is 0 Å². The first kappa shape index (κ1) is 11.0. The largest absolute Gasteiger partial charge is 0.303 e. The molecule has 1 atom stereocenters. The summed E-state index contributed by atoms with van der Waals surface area (Å²) >= 11 is 5.90. The molecule has 0 amide bonds. The summed E-state index contributed by atoms with van der Waals surface area (Å²) in [7, 11) is -2.88. The zero-order chi connectivity index (χ0) is 12.0. The van der Waals surface area contributed by atoms with Gasteiger partial charge in [0, 0.05) is 17.1 Å². The summed E-state index contributed by atoms with van der Waals surface area (Å²) in [4.78, 5) is 4.32. The van der Waals surface area contributed by atoms with Gasteiger partial charge in [0.1, 0.15) is 5.82 Å². The Morgan fingerprint density at radius 3 is 3.00 bits per heavy atom. The number of nitrogens with zero attached hydrogens (tertiary/aromatic N) is 2. The standard InChI is InChI=1S/C11H11ClN2O2S/c12-9-1-3-14-10(5-9)6-13-11(14)8-2-4-17(15,16)7-8/h1,3,5-6,8H,2,4,7H2. The van der Waals surface area contributed by atoms with Crippen molar-refractivity contribution >= 4 is 27.0 Å². The van der Waals surface area contributed by atoms with Crippen LogP contribution in [-0.2, 0) is 9.84 Å². The number of imidazole rings is 1. The molecule has 0 bridgehead atoms. The van der Waals surface area contributed by atoms with Gasteiger partial charge in [0.05, 0.1) is 23.2 Å². The molecule has 2 aromatic rings. The van der Waals surface area contributed by atoms with Gasteiger partial charge >= 0.3 is 0 Å². The van der Waals surface area contributed by atoms with E-state index in [1.165, 1.54) is 0 Å². The second-order valence-electron chi connectivity index (χ2n) is 4.36. The van der Waals surface area contributed by atoms with Gasteiger partial charge in [-0.05, 0) is 18.6 Å². The number of sulfone groups is 1. The van der Waals surface area contributed by atoms with Gasteiger partial charge in [-0.15, -0.1) is 0 Å². The predicted octanol–water partition coefficient (Wildman–Crippen LogP) is 1.89. The highest BCUT2D eigenvalue weighted by atomic mass is 35.5. The lowest BCUT2D eigenvalue weighted by Gasteiger charge is -2.06. The highest BCUT2D eigenvalue weighted by molar-refractivity contribution is 7.91. The van der Waals surface area contributed by atoms with E-state index in [0.29, 0.717) is 11.4 Å². The van der Waals surface area contributed by atoms with E-state index >= 15 is 0 Å². The Kier molecular flexibility index (Phi) is 2.41. The van der Waals surface area contributed by atoms with E-state index in [2.05, 4.69) is 4.98 Å². The van der Waals surface area contributed by atoms with Crippen molar-refractivity contribution in [1.82, 2.24) is 9.38 Å². The number of hydrogen-bond donors (Lipinski definition) is 0. The molecule has 0 saturated carbocycles. The van der Waals surface area contributed by atoms with Gasteiger partial charge < -0.3 is 4.40 Å². The van der Waals surface area contributed by atoms with Crippen molar-refractivity contribution in [2.24, 2.45) is 0 Å². The molecule has 90 valence electrons. The van der Waals surface area contributed by atoms with E-state index in [0.717, 1.165) is 11.3 Å². The topological polar surface area (TPSA) is 51.4 Å². The Hall–Kier alpha value is -1.07. The molecular formula is C11H11ClN2O2S. The first-order valence-corrected chi connectivity index (χ1v) is 7.58. The number of aromatic nitrogens is 2. The van der Waals surface area contributed by atoms with E-state index in [-0.39, 0.29) is 17.4 Å². The average Bonchev–Trinajstić information content (AvgIpc) is 2.80. The summed E-state index contributed by atoms with van der Waals surface area (Å²) in [5, 5.41) is 0.656. The van der Waals surface area contributed by atoms with Crippen LogP contribution in [0.2, 0.25) is 5.02 Å². The molecule has 17 heavy (non-hydrogen) atoms. The number of hydrogen-bond acceptors (Lipinski definition) is 3. The summed E-state index contributed by atoms with van der Waals surface area (Å²) < 4.78 is 24.9. The summed E-state index contributed by atoms with van der Waals surface area (Å²) in [5.74, 6) is 1.29. The number of halogens is 1. The summed E-state index contributed by atoms with van der Waals surface area (Å²) in [6.07, 6.45) is 4.22. The molecule has 1 fully saturated rings. The van der Waals surface area contributed by atoms with Crippen LogP contribution in [0.5, 0.6) is 0 Å². The molecule has 0 spiro atoms. The lowest BCUT2D eigenvalue weighted by atomic mass is 10.1. The zero-order valence-electron chi connectivity index (χ0n) is 9.01. The van der Waals surface area contributed by atoms with Gasteiger partial charge in [-0.1, -0.05) is 11.6 Å². The number of rotatable bonds is 1. The maximum Gasteiger partial charge on any atom is 0.151 e. The average molecular weight is 271 g/mol. The second-order valence-corrected chi connectivity index (χ2v) is 7.02.